The van der Waals surface area contributed by atoms with E-state index in [1.54, 1.807) is 10.9 Å². The Morgan fingerprint density at radius 2 is 1.79 bits per heavy atom. The summed E-state index contributed by atoms with van der Waals surface area (Å²) in [5.74, 6) is 1.20. The van der Waals surface area contributed by atoms with Crippen LogP contribution in [0, 0.1) is 26.7 Å². The smallest absolute Gasteiger partial charge is 0.228 e. The normalized spacial score (nSPS) is 11.5. The van der Waals surface area contributed by atoms with Crippen molar-refractivity contribution in [2.24, 2.45) is 5.92 Å². The number of fused-ring (bicyclic) bond motifs is 1. The number of nitrogens with one attached hydrogen (secondary N) is 1. The van der Waals surface area contributed by atoms with Gasteiger partial charge in [0.25, 0.3) is 0 Å². The average Bonchev–Trinajstić information content (AvgIpc) is 3.37. The second kappa shape index (κ2) is 9.52. The van der Waals surface area contributed by atoms with Gasteiger partial charge in [0.1, 0.15) is 12.1 Å². The molecule has 3 aromatic heterocycles. The molecule has 0 unspecified atom stereocenters. The van der Waals surface area contributed by atoms with Crippen molar-refractivity contribution in [3.05, 3.63) is 53.6 Å². The highest BCUT2D eigenvalue weighted by atomic mass is 16.2. The van der Waals surface area contributed by atoms with Crippen molar-refractivity contribution in [2.75, 3.05) is 5.32 Å². The Morgan fingerprint density at radius 1 is 1.03 bits per heavy atom. The first-order valence-electron chi connectivity index (χ1n) is 11.6. The maximum atomic E-state index is 13.0. The van der Waals surface area contributed by atoms with Crippen LogP contribution in [0.15, 0.2) is 36.8 Å². The van der Waals surface area contributed by atoms with Gasteiger partial charge in [-0.25, -0.2) is 14.6 Å². The number of carbonyl (C=O) groups excluding carboxylic acids is 1. The van der Waals surface area contributed by atoms with Crippen LogP contribution in [0.2, 0.25) is 0 Å². The lowest BCUT2D eigenvalue weighted by Crippen LogP contribution is -2.24. The van der Waals surface area contributed by atoms with Crippen LogP contribution in [0.1, 0.15) is 56.4 Å². The number of anilines is 1. The minimum atomic E-state index is -0.0127. The Labute approximate surface area is 194 Å². The number of aromatic nitrogens is 6. The minimum absolute atomic E-state index is 0.0127. The topological polar surface area (TPSA) is 90.5 Å². The zero-order valence-electron chi connectivity index (χ0n) is 20.0. The van der Waals surface area contributed by atoms with Crippen LogP contribution in [-0.2, 0) is 4.79 Å². The molecule has 0 radical (unpaired) electrons. The second-order valence-corrected chi connectivity index (χ2v) is 8.63. The van der Waals surface area contributed by atoms with Gasteiger partial charge in [0.2, 0.25) is 5.91 Å². The van der Waals surface area contributed by atoms with E-state index in [-0.39, 0.29) is 11.8 Å². The molecule has 0 aliphatic heterocycles. The maximum absolute atomic E-state index is 13.0. The van der Waals surface area contributed by atoms with Gasteiger partial charge in [-0.3, -0.25) is 4.79 Å². The highest BCUT2D eigenvalue weighted by Crippen LogP contribution is 2.26. The fourth-order valence-corrected chi connectivity index (χ4v) is 4.30. The molecule has 3 heterocycles. The Balaban J connectivity index is 1.75. The third-order valence-electron chi connectivity index (χ3n) is 5.85. The number of rotatable bonds is 8. The molecule has 8 nitrogen and oxygen atoms in total. The summed E-state index contributed by atoms with van der Waals surface area (Å²) in [5, 5.41) is 13.1. The number of amides is 1. The largest absolute Gasteiger partial charge is 0.310 e. The molecule has 0 saturated carbocycles. The zero-order chi connectivity index (χ0) is 23.5. The number of aryl methyl sites for hydroxylation is 3. The lowest BCUT2D eigenvalue weighted by molar-refractivity contribution is -0.120. The van der Waals surface area contributed by atoms with Crippen molar-refractivity contribution in [3.8, 4) is 11.5 Å². The van der Waals surface area contributed by atoms with Crippen molar-refractivity contribution < 1.29 is 4.79 Å². The van der Waals surface area contributed by atoms with Crippen LogP contribution < -0.4 is 5.32 Å². The first-order chi connectivity index (χ1) is 15.9. The molecule has 8 heteroatoms. The van der Waals surface area contributed by atoms with E-state index in [9.17, 15) is 4.79 Å². The van der Waals surface area contributed by atoms with Crippen LogP contribution in [0.25, 0.3) is 22.5 Å². The Hall–Kier alpha value is -3.55. The molecule has 4 rings (SSSR count). The fraction of sp³-hybridized carbons (Fsp3) is 0.400. The lowest BCUT2D eigenvalue weighted by atomic mass is 9.97. The summed E-state index contributed by atoms with van der Waals surface area (Å²) in [6, 6.07) is 8.10. The van der Waals surface area contributed by atoms with Crippen molar-refractivity contribution in [2.45, 2.75) is 60.3 Å². The quantitative estimate of drug-likeness (QED) is 0.408. The number of hydrogen-bond acceptors (Lipinski definition) is 5. The average molecular weight is 446 g/mol. The summed E-state index contributed by atoms with van der Waals surface area (Å²) < 4.78 is 3.50. The summed E-state index contributed by atoms with van der Waals surface area (Å²) in [7, 11) is 0. The SMILES string of the molecule is CCCC(CCC)C(=O)Nc1cc(C)nn1-c1ncnc2c1cnn2-c1ccc(C)cc1C. The number of carbonyl (C=O) groups is 1. The molecule has 0 spiro atoms. The molecule has 4 aromatic rings. The first-order valence-corrected chi connectivity index (χ1v) is 11.6. The fourth-order valence-electron chi connectivity index (χ4n) is 4.30. The van der Waals surface area contributed by atoms with Gasteiger partial charge < -0.3 is 5.32 Å². The molecule has 1 aromatic carbocycles. The monoisotopic (exact) mass is 445 g/mol. The second-order valence-electron chi connectivity index (χ2n) is 8.63. The molecule has 0 fully saturated rings. The standard InChI is InChI=1S/C25H31N7O/c1-6-8-19(9-7-2)25(33)29-22-13-18(5)30-32(22)24-20-14-28-31(23(20)26-15-27-24)21-11-10-16(3)12-17(21)4/h10-15,19H,6-9H2,1-5H3,(H,29,33). The van der Waals surface area contributed by atoms with Gasteiger partial charge in [0.05, 0.1) is 23.0 Å². The molecule has 0 bridgehead atoms. The van der Waals surface area contributed by atoms with E-state index in [0.717, 1.165) is 48.0 Å². The molecule has 33 heavy (non-hydrogen) atoms. The van der Waals surface area contributed by atoms with Crippen LogP contribution >= 0.6 is 0 Å². The molecule has 1 amide bonds. The van der Waals surface area contributed by atoms with Crippen molar-refractivity contribution in [1.82, 2.24) is 29.5 Å². The summed E-state index contributed by atoms with van der Waals surface area (Å²) in [6.07, 6.45) is 6.95. The highest BCUT2D eigenvalue weighted by Gasteiger charge is 2.21. The number of nitrogens with zero attached hydrogens (tertiary/aromatic N) is 6. The van der Waals surface area contributed by atoms with Gasteiger partial charge >= 0.3 is 0 Å². The Kier molecular flexibility index (Phi) is 6.53. The van der Waals surface area contributed by atoms with Gasteiger partial charge in [-0.1, -0.05) is 44.4 Å². The molecule has 1 N–H and O–H groups in total. The minimum Gasteiger partial charge on any atom is -0.310 e. The molecular formula is C25H31N7O. The maximum Gasteiger partial charge on any atom is 0.228 e. The van der Waals surface area contributed by atoms with E-state index >= 15 is 0 Å². The first kappa shape index (κ1) is 22.6. The van der Waals surface area contributed by atoms with Gasteiger partial charge in [-0.15, -0.1) is 0 Å². The molecule has 0 aliphatic rings. The summed E-state index contributed by atoms with van der Waals surface area (Å²) in [6.45, 7) is 10.2. The van der Waals surface area contributed by atoms with E-state index in [1.807, 2.05) is 23.7 Å². The van der Waals surface area contributed by atoms with Crippen LogP contribution in [0.3, 0.4) is 0 Å². The van der Waals surface area contributed by atoms with E-state index in [1.165, 1.54) is 11.9 Å². The Bertz CT molecular complexity index is 1280. The lowest BCUT2D eigenvalue weighted by Gasteiger charge is -2.16. The zero-order valence-corrected chi connectivity index (χ0v) is 20.0. The van der Waals surface area contributed by atoms with E-state index in [4.69, 9.17) is 0 Å². The van der Waals surface area contributed by atoms with E-state index in [0.29, 0.717) is 17.3 Å². The van der Waals surface area contributed by atoms with Crippen LogP contribution in [-0.4, -0.2) is 35.4 Å². The van der Waals surface area contributed by atoms with Crippen molar-refractivity contribution in [1.29, 1.82) is 0 Å². The third-order valence-corrected chi connectivity index (χ3v) is 5.85. The number of benzene rings is 1. The summed E-state index contributed by atoms with van der Waals surface area (Å²) in [5.41, 5.74) is 4.75. The Morgan fingerprint density at radius 3 is 2.48 bits per heavy atom. The predicted octanol–water partition coefficient (Wildman–Crippen LogP) is 5.08. The van der Waals surface area contributed by atoms with Gasteiger partial charge in [-0.05, 0) is 45.2 Å². The number of hydrogen-bond donors (Lipinski definition) is 1. The summed E-state index contributed by atoms with van der Waals surface area (Å²) >= 11 is 0. The molecule has 172 valence electrons. The van der Waals surface area contributed by atoms with E-state index < -0.39 is 0 Å². The molecule has 0 aliphatic carbocycles. The van der Waals surface area contributed by atoms with Gasteiger partial charge in [0.15, 0.2) is 11.5 Å². The van der Waals surface area contributed by atoms with Crippen LogP contribution in [0.4, 0.5) is 5.82 Å². The van der Waals surface area contributed by atoms with Gasteiger partial charge in [0, 0.05) is 12.0 Å². The van der Waals surface area contributed by atoms with E-state index in [2.05, 4.69) is 65.3 Å². The van der Waals surface area contributed by atoms with Crippen molar-refractivity contribution in [3.63, 3.8) is 0 Å². The molecule has 0 saturated heterocycles. The summed E-state index contributed by atoms with van der Waals surface area (Å²) in [4.78, 5) is 22.0. The van der Waals surface area contributed by atoms with Crippen molar-refractivity contribution >= 4 is 22.8 Å². The highest BCUT2D eigenvalue weighted by molar-refractivity contribution is 5.92. The van der Waals surface area contributed by atoms with Crippen LogP contribution in [0.5, 0.6) is 0 Å². The van der Waals surface area contributed by atoms with Gasteiger partial charge in [-0.2, -0.15) is 14.9 Å². The third kappa shape index (κ3) is 4.51. The molecular weight excluding hydrogens is 414 g/mol. The predicted molar refractivity (Wildman–Crippen MR) is 130 cm³/mol. The molecule has 0 atom stereocenters.